The van der Waals surface area contributed by atoms with Crippen LogP contribution >= 0.6 is 11.8 Å². The van der Waals surface area contributed by atoms with Gasteiger partial charge >= 0.3 is 0 Å². The maximum Gasteiger partial charge on any atom is 0.220 e. The number of para-hydroxylation sites is 2. The minimum atomic E-state index is -0.0881. The molecule has 0 saturated heterocycles. The van der Waals surface area contributed by atoms with Crippen molar-refractivity contribution >= 4 is 28.7 Å². The number of thioether (sulfide) groups is 1. The van der Waals surface area contributed by atoms with E-state index in [9.17, 15) is 4.79 Å². The van der Waals surface area contributed by atoms with Gasteiger partial charge in [0.25, 0.3) is 0 Å². The average Bonchev–Trinajstić information content (AvgIpc) is 3.04. The van der Waals surface area contributed by atoms with Gasteiger partial charge in [-0.05, 0) is 42.0 Å². The van der Waals surface area contributed by atoms with E-state index < -0.39 is 0 Å². The Labute approximate surface area is 171 Å². The third kappa shape index (κ3) is 5.16. The van der Waals surface area contributed by atoms with Crippen molar-refractivity contribution in [3.63, 3.8) is 0 Å². The zero-order chi connectivity index (χ0) is 19.9. The van der Waals surface area contributed by atoms with Crippen LogP contribution in [0.1, 0.15) is 44.1 Å². The highest BCUT2D eigenvalue weighted by atomic mass is 32.2. The smallest absolute Gasteiger partial charge is 0.220 e. The normalized spacial score (nSPS) is 12.4. The number of nitrogens with zero attached hydrogens (tertiary/aromatic N) is 2. The molecule has 1 amide bonds. The van der Waals surface area contributed by atoms with Gasteiger partial charge in [0.2, 0.25) is 5.91 Å². The van der Waals surface area contributed by atoms with Gasteiger partial charge in [-0.2, -0.15) is 11.8 Å². The van der Waals surface area contributed by atoms with E-state index in [0.717, 1.165) is 35.6 Å². The molecule has 0 aliphatic heterocycles. The summed E-state index contributed by atoms with van der Waals surface area (Å²) in [5.74, 6) is 2.35. The lowest BCUT2D eigenvalue weighted by atomic mass is 10.1. The number of imidazole rings is 1. The van der Waals surface area contributed by atoms with E-state index in [1.54, 1.807) is 11.8 Å². The lowest BCUT2D eigenvalue weighted by Gasteiger charge is -2.20. The van der Waals surface area contributed by atoms with Crippen LogP contribution in [-0.2, 0) is 11.3 Å². The number of hydrogen-bond donors (Lipinski definition) is 1. The van der Waals surface area contributed by atoms with Crippen molar-refractivity contribution in [3.05, 3.63) is 66.0 Å². The van der Waals surface area contributed by atoms with Crippen LogP contribution in [-0.4, -0.2) is 27.5 Å². The molecule has 28 heavy (non-hydrogen) atoms. The van der Waals surface area contributed by atoms with E-state index in [4.69, 9.17) is 4.98 Å². The zero-order valence-electron chi connectivity index (χ0n) is 16.9. The summed E-state index contributed by atoms with van der Waals surface area (Å²) in [6, 6.07) is 18.5. The quantitative estimate of drug-likeness (QED) is 0.552. The molecule has 0 fully saturated rings. The molecule has 4 nitrogen and oxygen atoms in total. The number of amides is 1. The van der Waals surface area contributed by atoms with Crippen LogP contribution in [0.3, 0.4) is 0 Å². The summed E-state index contributed by atoms with van der Waals surface area (Å²) in [6.45, 7) is 4.88. The summed E-state index contributed by atoms with van der Waals surface area (Å²) in [5, 5.41) is 3.25. The van der Waals surface area contributed by atoms with Crippen molar-refractivity contribution in [2.75, 3.05) is 12.0 Å². The van der Waals surface area contributed by atoms with Crippen LogP contribution in [0.5, 0.6) is 0 Å². The molecule has 1 heterocycles. The van der Waals surface area contributed by atoms with Gasteiger partial charge in [-0.25, -0.2) is 4.98 Å². The molecule has 0 spiro atoms. The predicted octanol–water partition coefficient (Wildman–Crippen LogP) is 5.04. The highest BCUT2D eigenvalue weighted by molar-refractivity contribution is 7.98. The molecular formula is C23H29N3OS. The summed E-state index contributed by atoms with van der Waals surface area (Å²) in [6.07, 6.45) is 3.50. The first-order valence-corrected chi connectivity index (χ1v) is 11.2. The first-order valence-electron chi connectivity index (χ1n) is 9.86. The van der Waals surface area contributed by atoms with Crippen molar-refractivity contribution in [3.8, 4) is 0 Å². The van der Waals surface area contributed by atoms with Crippen molar-refractivity contribution in [2.24, 2.45) is 5.92 Å². The van der Waals surface area contributed by atoms with Crippen molar-refractivity contribution in [2.45, 2.75) is 39.3 Å². The van der Waals surface area contributed by atoms with Crippen LogP contribution in [0.15, 0.2) is 54.6 Å². The highest BCUT2D eigenvalue weighted by Crippen LogP contribution is 2.25. The van der Waals surface area contributed by atoms with E-state index in [1.165, 1.54) is 5.56 Å². The topological polar surface area (TPSA) is 46.9 Å². The molecule has 3 aromatic rings. The van der Waals surface area contributed by atoms with Gasteiger partial charge < -0.3 is 9.88 Å². The molecular weight excluding hydrogens is 366 g/mol. The van der Waals surface area contributed by atoms with Crippen LogP contribution in [0.2, 0.25) is 0 Å². The monoisotopic (exact) mass is 395 g/mol. The second-order valence-electron chi connectivity index (χ2n) is 7.53. The molecule has 0 bridgehead atoms. The lowest BCUT2D eigenvalue weighted by molar-refractivity contribution is -0.122. The number of hydrogen-bond acceptors (Lipinski definition) is 3. The molecule has 0 aliphatic carbocycles. The maximum absolute atomic E-state index is 12.5. The number of aromatic nitrogens is 2. The summed E-state index contributed by atoms with van der Waals surface area (Å²) in [7, 11) is 0. The van der Waals surface area contributed by atoms with Gasteiger partial charge in [0.05, 0.1) is 17.1 Å². The summed E-state index contributed by atoms with van der Waals surface area (Å²) in [5.41, 5.74) is 3.30. The SMILES string of the molecule is CSCC[C@H](NC(=O)CC(C)C)c1nc2ccccc2n1Cc1ccccc1. The Morgan fingerprint density at radius 2 is 1.82 bits per heavy atom. The summed E-state index contributed by atoms with van der Waals surface area (Å²) < 4.78 is 2.26. The number of carbonyl (C=O) groups excluding carboxylic acids is 1. The summed E-state index contributed by atoms with van der Waals surface area (Å²) >= 11 is 1.79. The Kier molecular flexibility index (Phi) is 7.15. The molecule has 0 radical (unpaired) electrons. The number of rotatable bonds is 9. The minimum absolute atomic E-state index is 0.0881. The largest absolute Gasteiger partial charge is 0.346 e. The van der Waals surface area contributed by atoms with Crippen molar-refractivity contribution in [1.82, 2.24) is 14.9 Å². The molecule has 1 N–H and O–H groups in total. The van der Waals surface area contributed by atoms with Crippen LogP contribution < -0.4 is 5.32 Å². The van der Waals surface area contributed by atoms with E-state index in [1.807, 2.05) is 24.3 Å². The minimum Gasteiger partial charge on any atom is -0.346 e. The molecule has 3 rings (SSSR count). The van der Waals surface area contributed by atoms with Crippen LogP contribution in [0.25, 0.3) is 11.0 Å². The molecule has 5 heteroatoms. The summed E-state index contributed by atoms with van der Waals surface area (Å²) in [4.78, 5) is 17.5. The molecule has 0 aliphatic rings. The Morgan fingerprint density at radius 1 is 1.11 bits per heavy atom. The van der Waals surface area contributed by atoms with Gasteiger partial charge in [-0.15, -0.1) is 0 Å². The second-order valence-corrected chi connectivity index (χ2v) is 8.52. The van der Waals surface area contributed by atoms with E-state index in [0.29, 0.717) is 12.3 Å². The van der Waals surface area contributed by atoms with Crippen LogP contribution in [0.4, 0.5) is 0 Å². The van der Waals surface area contributed by atoms with Gasteiger partial charge in [-0.3, -0.25) is 4.79 Å². The third-order valence-electron chi connectivity index (χ3n) is 4.72. The number of fused-ring (bicyclic) bond motifs is 1. The van der Waals surface area contributed by atoms with Crippen LogP contribution in [0, 0.1) is 5.92 Å². The molecule has 2 aromatic carbocycles. The molecule has 148 valence electrons. The van der Waals surface area contributed by atoms with E-state index in [2.05, 4.69) is 60.3 Å². The number of nitrogens with one attached hydrogen (secondary N) is 1. The Morgan fingerprint density at radius 3 is 2.54 bits per heavy atom. The zero-order valence-corrected chi connectivity index (χ0v) is 17.7. The first kappa shape index (κ1) is 20.5. The Bertz CT molecular complexity index is 905. The molecule has 0 saturated carbocycles. The maximum atomic E-state index is 12.5. The molecule has 0 unspecified atom stereocenters. The van der Waals surface area contributed by atoms with E-state index in [-0.39, 0.29) is 11.9 Å². The first-order chi connectivity index (χ1) is 13.6. The Hall–Kier alpha value is -2.27. The highest BCUT2D eigenvalue weighted by Gasteiger charge is 2.22. The molecule has 1 aromatic heterocycles. The lowest BCUT2D eigenvalue weighted by Crippen LogP contribution is -2.31. The fourth-order valence-electron chi connectivity index (χ4n) is 3.42. The predicted molar refractivity (Wildman–Crippen MR) is 119 cm³/mol. The number of carbonyl (C=O) groups is 1. The third-order valence-corrected chi connectivity index (χ3v) is 5.36. The fraction of sp³-hybridized carbons (Fsp3) is 0.391. The average molecular weight is 396 g/mol. The Balaban J connectivity index is 1.99. The van der Waals surface area contributed by atoms with Gasteiger partial charge in [-0.1, -0.05) is 56.3 Å². The van der Waals surface area contributed by atoms with E-state index >= 15 is 0 Å². The van der Waals surface area contributed by atoms with Crippen molar-refractivity contribution < 1.29 is 4.79 Å². The fourth-order valence-corrected chi connectivity index (χ4v) is 3.89. The molecule has 1 atom stereocenters. The standard InChI is InChI=1S/C23H29N3OS/c1-17(2)15-22(27)24-20(13-14-28-3)23-25-19-11-7-8-12-21(19)26(23)16-18-9-5-4-6-10-18/h4-12,17,20H,13-16H2,1-3H3,(H,24,27)/t20-/m0/s1. The van der Waals surface area contributed by atoms with Gasteiger partial charge in [0.15, 0.2) is 0 Å². The van der Waals surface area contributed by atoms with Gasteiger partial charge in [0, 0.05) is 13.0 Å². The van der Waals surface area contributed by atoms with Crippen molar-refractivity contribution in [1.29, 1.82) is 0 Å². The second kappa shape index (κ2) is 9.78. The van der Waals surface area contributed by atoms with Gasteiger partial charge in [0.1, 0.15) is 5.82 Å². The number of benzene rings is 2.